The molecule has 1 saturated heterocycles. The third kappa shape index (κ3) is 6.90. The van der Waals surface area contributed by atoms with Crippen molar-refractivity contribution in [1.82, 2.24) is 9.88 Å². The first-order chi connectivity index (χ1) is 13.0. The largest absolute Gasteiger partial charge is 0.493 e. The lowest BCUT2D eigenvalue weighted by atomic mass is 10.1. The van der Waals surface area contributed by atoms with Crippen LogP contribution in [-0.4, -0.2) is 49.7 Å². The molecular formula is C21H29N3O3. The van der Waals surface area contributed by atoms with Gasteiger partial charge in [-0.25, -0.2) is 4.98 Å². The molecule has 1 amide bonds. The number of amides is 1. The highest BCUT2D eigenvalue weighted by atomic mass is 16.5. The number of carbonyl (C=O) groups is 1. The first-order valence-electron chi connectivity index (χ1n) is 9.20. The number of allylic oxidation sites excluding steroid dienone is 4. The van der Waals surface area contributed by atoms with Crippen LogP contribution in [0.1, 0.15) is 20.3 Å². The van der Waals surface area contributed by atoms with Gasteiger partial charge in [-0.1, -0.05) is 19.1 Å². The van der Waals surface area contributed by atoms with E-state index in [9.17, 15) is 4.79 Å². The Kier molecular flexibility index (Phi) is 8.07. The lowest BCUT2D eigenvalue weighted by Crippen LogP contribution is -2.32. The van der Waals surface area contributed by atoms with Crippen molar-refractivity contribution in [2.24, 2.45) is 5.92 Å². The van der Waals surface area contributed by atoms with Gasteiger partial charge in [0.1, 0.15) is 11.6 Å². The maximum atomic E-state index is 12.7. The monoisotopic (exact) mass is 371 g/mol. The Morgan fingerprint density at radius 1 is 1.41 bits per heavy atom. The molecular weight excluding hydrogens is 342 g/mol. The molecule has 2 rings (SSSR count). The summed E-state index contributed by atoms with van der Waals surface area (Å²) in [6.07, 6.45) is 10.00. The number of aromatic nitrogens is 1. The molecule has 1 aromatic heterocycles. The Morgan fingerprint density at radius 2 is 2.19 bits per heavy atom. The van der Waals surface area contributed by atoms with E-state index in [4.69, 9.17) is 9.47 Å². The van der Waals surface area contributed by atoms with Crippen LogP contribution in [0.25, 0.3) is 0 Å². The van der Waals surface area contributed by atoms with Crippen LogP contribution in [-0.2, 0) is 9.53 Å². The summed E-state index contributed by atoms with van der Waals surface area (Å²) in [7, 11) is 3.93. The molecule has 0 unspecified atom stereocenters. The first kappa shape index (κ1) is 20.7. The van der Waals surface area contributed by atoms with E-state index in [0.717, 1.165) is 25.3 Å². The lowest BCUT2D eigenvalue weighted by molar-refractivity contribution is -0.112. The average molecular weight is 371 g/mol. The molecule has 6 heteroatoms. The van der Waals surface area contributed by atoms with Crippen molar-refractivity contribution < 1.29 is 14.3 Å². The highest BCUT2D eigenvalue weighted by Crippen LogP contribution is 2.18. The summed E-state index contributed by atoms with van der Waals surface area (Å²) >= 11 is 0. The third-order valence-electron chi connectivity index (χ3n) is 4.17. The zero-order valence-corrected chi connectivity index (χ0v) is 16.6. The number of carbonyl (C=O) groups excluding carboxylic acids is 1. The number of anilines is 1. The van der Waals surface area contributed by atoms with E-state index in [0.29, 0.717) is 29.7 Å². The number of pyridine rings is 1. The zero-order chi connectivity index (χ0) is 19.6. The minimum absolute atomic E-state index is 0.209. The van der Waals surface area contributed by atoms with Gasteiger partial charge in [0.15, 0.2) is 0 Å². The van der Waals surface area contributed by atoms with Gasteiger partial charge in [-0.05, 0) is 31.6 Å². The van der Waals surface area contributed by atoms with Crippen molar-refractivity contribution in [3.05, 3.63) is 53.9 Å². The van der Waals surface area contributed by atoms with Crippen LogP contribution in [0.2, 0.25) is 0 Å². The molecule has 0 aliphatic carbocycles. The Morgan fingerprint density at radius 3 is 2.81 bits per heavy atom. The van der Waals surface area contributed by atoms with Crippen LogP contribution >= 0.6 is 0 Å². The van der Waals surface area contributed by atoms with Crippen LogP contribution in [0.3, 0.4) is 0 Å². The van der Waals surface area contributed by atoms with Crippen LogP contribution in [0, 0.1) is 5.92 Å². The first-order valence-corrected chi connectivity index (χ1v) is 9.20. The fourth-order valence-corrected chi connectivity index (χ4v) is 2.16. The average Bonchev–Trinajstić information content (AvgIpc) is 2.60. The Hall–Kier alpha value is -2.60. The third-order valence-corrected chi connectivity index (χ3v) is 4.17. The molecule has 0 aromatic carbocycles. The van der Waals surface area contributed by atoms with Crippen LogP contribution < -0.4 is 10.1 Å². The van der Waals surface area contributed by atoms with Gasteiger partial charge in [-0.2, -0.15) is 0 Å². The summed E-state index contributed by atoms with van der Waals surface area (Å²) < 4.78 is 10.9. The molecule has 0 saturated carbocycles. The molecule has 0 radical (unpaired) electrons. The van der Waals surface area contributed by atoms with E-state index in [1.807, 2.05) is 57.1 Å². The predicted octanol–water partition coefficient (Wildman–Crippen LogP) is 3.40. The van der Waals surface area contributed by atoms with Gasteiger partial charge < -0.3 is 19.7 Å². The molecule has 1 fully saturated rings. The summed E-state index contributed by atoms with van der Waals surface area (Å²) in [6.45, 7) is 6.11. The molecule has 1 aliphatic rings. The molecule has 1 aromatic rings. The van der Waals surface area contributed by atoms with E-state index in [1.54, 1.807) is 18.3 Å². The fraction of sp³-hybridized carbons (Fsp3) is 0.429. The van der Waals surface area contributed by atoms with Gasteiger partial charge >= 0.3 is 0 Å². The molecule has 1 aliphatic heterocycles. The standard InChI is InChI=1S/C21H29N3O3/c1-5-6-7-18(9-8-16(2)24(3)4)21(25)23-20-12-19(10-11-22-20)27-15-17-13-26-14-17/h6-12,17H,5,13-15H2,1-4H3,(H,22,23,25)/b7-6-,16-8+,18-9+. The van der Waals surface area contributed by atoms with Gasteiger partial charge in [0.2, 0.25) is 0 Å². The molecule has 0 atom stereocenters. The van der Waals surface area contributed by atoms with Crippen molar-refractivity contribution in [3.8, 4) is 5.75 Å². The number of ether oxygens (including phenoxy) is 2. The number of nitrogens with one attached hydrogen (secondary N) is 1. The molecule has 1 N–H and O–H groups in total. The highest BCUT2D eigenvalue weighted by molar-refractivity contribution is 6.05. The minimum Gasteiger partial charge on any atom is -0.493 e. The molecule has 27 heavy (non-hydrogen) atoms. The number of hydrogen-bond acceptors (Lipinski definition) is 5. The minimum atomic E-state index is -0.209. The number of rotatable bonds is 9. The highest BCUT2D eigenvalue weighted by Gasteiger charge is 2.19. The van der Waals surface area contributed by atoms with E-state index in [1.165, 1.54) is 0 Å². The topological polar surface area (TPSA) is 63.7 Å². The normalized spacial score (nSPS) is 15.6. The number of nitrogens with zero attached hydrogens (tertiary/aromatic N) is 2. The van der Waals surface area contributed by atoms with E-state index in [-0.39, 0.29) is 5.91 Å². The van der Waals surface area contributed by atoms with Gasteiger partial charge in [0, 0.05) is 43.5 Å². The second-order valence-electron chi connectivity index (χ2n) is 6.68. The predicted molar refractivity (Wildman–Crippen MR) is 108 cm³/mol. The van der Waals surface area contributed by atoms with Gasteiger partial charge in [0.05, 0.1) is 19.8 Å². The Bertz CT molecular complexity index is 719. The van der Waals surface area contributed by atoms with Gasteiger partial charge in [0.25, 0.3) is 5.91 Å². The fourth-order valence-electron chi connectivity index (χ4n) is 2.16. The Balaban J connectivity index is 2.05. The summed E-state index contributed by atoms with van der Waals surface area (Å²) in [6, 6.07) is 3.52. The van der Waals surface area contributed by atoms with E-state index in [2.05, 4.69) is 10.3 Å². The summed E-state index contributed by atoms with van der Waals surface area (Å²) in [4.78, 5) is 18.9. The van der Waals surface area contributed by atoms with Crippen molar-refractivity contribution >= 4 is 11.7 Å². The summed E-state index contributed by atoms with van der Waals surface area (Å²) in [5.41, 5.74) is 1.62. The van der Waals surface area contributed by atoms with E-state index >= 15 is 0 Å². The molecule has 6 nitrogen and oxygen atoms in total. The van der Waals surface area contributed by atoms with Crippen LogP contribution in [0.5, 0.6) is 5.75 Å². The van der Waals surface area contributed by atoms with Crippen molar-refractivity contribution in [1.29, 1.82) is 0 Å². The summed E-state index contributed by atoms with van der Waals surface area (Å²) in [5.74, 6) is 1.38. The Labute approximate surface area is 161 Å². The molecule has 146 valence electrons. The SMILES string of the molecule is CC\C=C/C(=C\C=C(/C)N(C)C)C(=O)Nc1cc(OCC2COC2)ccn1. The van der Waals surface area contributed by atoms with Gasteiger partial charge in [-0.3, -0.25) is 4.79 Å². The quantitative estimate of drug-likeness (QED) is 0.532. The smallest absolute Gasteiger partial charge is 0.256 e. The molecule has 0 bridgehead atoms. The van der Waals surface area contributed by atoms with Crippen LogP contribution in [0.4, 0.5) is 5.82 Å². The number of hydrogen-bond donors (Lipinski definition) is 1. The molecule has 2 heterocycles. The van der Waals surface area contributed by atoms with Crippen molar-refractivity contribution in [2.45, 2.75) is 20.3 Å². The lowest BCUT2D eigenvalue weighted by Gasteiger charge is -2.25. The second-order valence-corrected chi connectivity index (χ2v) is 6.68. The van der Waals surface area contributed by atoms with Gasteiger partial charge in [-0.15, -0.1) is 0 Å². The second kappa shape index (κ2) is 10.5. The maximum absolute atomic E-state index is 12.7. The van der Waals surface area contributed by atoms with Crippen molar-refractivity contribution in [3.63, 3.8) is 0 Å². The zero-order valence-electron chi connectivity index (χ0n) is 16.6. The van der Waals surface area contributed by atoms with Crippen LogP contribution in [0.15, 0.2) is 53.9 Å². The maximum Gasteiger partial charge on any atom is 0.256 e. The summed E-state index contributed by atoms with van der Waals surface area (Å²) in [5, 5.41) is 2.84. The molecule has 0 spiro atoms. The van der Waals surface area contributed by atoms with E-state index < -0.39 is 0 Å². The van der Waals surface area contributed by atoms with Crippen molar-refractivity contribution in [2.75, 3.05) is 39.2 Å².